The van der Waals surface area contributed by atoms with Crippen LogP contribution in [0.3, 0.4) is 0 Å². The first-order valence-electron chi connectivity index (χ1n) is 10.8. The first-order chi connectivity index (χ1) is 15.4. The molecule has 32 heavy (non-hydrogen) atoms. The Bertz CT molecular complexity index is 999. The summed E-state index contributed by atoms with van der Waals surface area (Å²) in [6.45, 7) is 7.33. The molecular weight excluding hydrogens is 472 g/mol. The number of halogens is 1. The fourth-order valence-corrected chi connectivity index (χ4v) is 4.46. The number of aliphatic hydroxyl groups excluding tert-OH is 1. The summed E-state index contributed by atoms with van der Waals surface area (Å²) in [6.07, 6.45) is 0.738. The van der Waals surface area contributed by atoms with E-state index in [1.165, 1.54) is 0 Å². The number of methoxy groups -OCH3 is 1. The number of carbonyl (C=O) groups is 2. The van der Waals surface area contributed by atoms with Gasteiger partial charge in [-0.15, -0.1) is 0 Å². The van der Waals surface area contributed by atoms with Crippen LogP contribution in [0.25, 0.3) is 5.76 Å². The van der Waals surface area contributed by atoms with Crippen molar-refractivity contribution >= 4 is 33.4 Å². The first kappa shape index (κ1) is 24.0. The van der Waals surface area contributed by atoms with Crippen LogP contribution < -0.4 is 4.74 Å². The lowest BCUT2D eigenvalue weighted by Gasteiger charge is -2.27. The molecule has 0 bridgehead atoms. The highest BCUT2D eigenvalue weighted by molar-refractivity contribution is 9.10. The maximum atomic E-state index is 13.1. The third-order valence-corrected chi connectivity index (χ3v) is 6.33. The quantitative estimate of drug-likeness (QED) is 0.309. The second-order valence-electron chi connectivity index (χ2n) is 7.66. The highest BCUT2D eigenvalue weighted by Gasteiger charge is 2.45. The Kier molecular flexibility index (Phi) is 8.10. The van der Waals surface area contributed by atoms with E-state index in [1.807, 2.05) is 24.3 Å². The van der Waals surface area contributed by atoms with Gasteiger partial charge in [0.15, 0.2) is 0 Å². The van der Waals surface area contributed by atoms with Crippen LogP contribution in [0.2, 0.25) is 0 Å². The molecule has 1 N–H and O–H groups in total. The molecule has 1 amide bonds. The van der Waals surface area contributed by atoms with Crippen molar-refractivity contribution < 1.29 is 19.4 Å². The van der Waals surface area contributed by atoms with Gasteiger partial charge in [-0.2, -0.15) is 0 Å². The summed E-state index contributed by atoms with van der Waals surface area (Å²) >= 11 is 3.48. The van der Waals surface area contributed by atoms with E-state index in [2.05, 4.69) is 34.7 Å². The van der Waals surface area contributed by atoms with Gasteiger partial charge in [-0.1, -0.05) is 41.9 Å². The molecule has 2 aromatic carbocycles. The van der Waals surface area contributed by atoms with Crippen LogP contribution in [0, 0.1) is 0 Å². The van der Waals surface area contributed by atoms with Gasteiger partial charge in [-0.05, 0) is 68.0 Å². The maximum Gasteiger partial charge on any atom is 0.295 e. The summed E-state index contributed by atoms with van der Waals surface area (Å²) in [4.78, 5) is 30.0. The smallest absolute Gasteiger partial charge is 0.295 e. The average molecular weight is 501 g/mol. The topological polar surface area (TPSA) is 70.1 Å². The molecule has 1 heterocycles. The number of carbonyl (C=O) groups excluding carboxylic acids is 2. The number of aliphatic hydroxyl groups is 1. The second-order valence-corrected chi connectivity index (χ2v) is 8.57. The minimum absolute atomic E-state index is 0.112. The van der Waals surface area contributed by atoms with Gasteiger partial charge < -0.3 is 19.6 Å². The normalized spacial score (nSPS) is 17.9. The molecule has 1 aliphatic heterocycles. The van der Waals surface area contributed by atoms with E-state index < -0.39 is 17.7 Å². The van der Waals surface area contributed by atoms with Crippen LogP contribution in [0.1, 0.15) is 37.4 Å². The van der Waals surface area contributed by atoms with Crippen molar-refractivity contribution in [1.29, 1.82) is 0 Å². The summed E-state index contributed by atoms with van der Waals surface area (Å²) in [5.74, 6) is -0.778. The van der Waals surface area contributed by atoms with E-state index in [0.717, 1.165) is 36.1 Å². The number of ketones is 1. The molecule has 0 spiro atoms. The van der Waals surface area contributed by atoms with Crippen LogP contribution in [-0.4, -0.2) is 59.9 Å². The predicted octanol–water partition coefficient (Wildman–Crippen LogP) is 4.61. The number of likely N-dealkylation sites (tertiary alicyclic amines) is 1. The van der Waals surface area contributed by atoms with Crippen LogP contribution in [-0.2, 0) is 9.59 Å². The Morgan fingerprint density at radius 3 is 2.41 bits per heavy atom. The number of amides is 1. The molecule has 0 saturated carbocycles. The van der Waals surface area contributed by atoms with Crippen molar-refractivity contribution in [2.75, 3.05) is 33.3 Å². The molecule has 0 aromatic heterocycles. The highest BCUT2D eigenvalue weighted by atomic mass is 79.9. The third kappa shape index (κ3) is 5.05. The zero-order valence-electron chi connectivity index (χ0n) is 18.7. The van der Waals surface area contributed by atoms with Crippen molar-refractivity contribution in [3.05, 3.63) is 69.7 Å². The molecule has 3 rings (SSSR count). The van der Waals surface area contributed by atoms with E-state index in [9.17, 15) is 14.7 Å². The molecule has 0 unspecified atom stereocenters. The molecule has 0 aliphatic carbocycles. The van der Waals surface area contributed by atoms with Crippen LogP contribution in [0.4, 0.5) is 0 Å². The summed E-state index contributed by atoms with van der Waals surface area (Å²) in [5.41, 5.74) is 1.35. The second kappa shape index (κ2) is 10.8. The predicted molar refractivity (Wildman–Crippen MR) is 129 cm³/mol. The lowest BCUT2D eigenvalue weighted by Crippen LogP contribution is -2.33. The van der Waals surface area contributed by atoms with E-state index in [4.69, 9.17) is 4.74 Å². The molecule has 0 radical (unpaired) electrons. The van der Waals surface area contributed by atoms with Gasteiger partial charge in [-0.25, -0.2) is 0 Å². The van der Waals surface area contributed by atoms with Crippen molar-refractivity contribution in [2.45, 2.75) is 26.3 Å². The lowest BCUT2D eigenvalue weighted by atomic mass is 9.95. The van der Waals surface area contributed by atoms with Crippen LogP contribution >= 0.6 is 15.9 Å². The fourth-order valence-electron chi connectivity index (χ4n) is 4.04. The van der Waals surface area contributed by atoms with E-state index in [1.54, 1.807) is 36.3 Å². The van der Waals surface area contributed by atoms with Gasteiger partial charge in [0.1, 0.15) is 11.5 Å². The lowest BCUT2D eigenvalue weighted by molar-refractivity contribution is -0.140. The number of benzene rings is 2. The molecule has 170 valence electrons. The van der Waals surface area contributed by atoms with Crippen molar-refractivity contribution in [1.82, 2.24) is 9.80 Å². The Labute approximate surface area is 197 Å². The van der Waals surface area contributed by atoms with E-state index in [0.29, 0.717) is 17.9 Å². The molecule has 1 saturated heterocycles. The van der Waals surface area contributed by atoms with Crippen molar-refractivity contribution in [3.63, 3.8) is 0 Å². The van der Waals surface area contributed by atoms with Crippen LogP contribution in [0.15, 0.2) is 58.6 Å². The van der Waals surface area contributed by atoms with Gasteiger partial charge in [0.05, 0.1) is 18.7 Å². The van der Waals surface area contributed by atoms with Crippen LogP contribution in [0.5, 0.6) is 5.75 Å². The first-order valence-corrected chi connectivity index (χ1v) is 11.6. The van der Waals surface area contributed by atoms with Gasteiger partial charge >= 0.3 is 0 Å². The summed E-state index contributed by atoms with van der Waals surface area (Å²) < 4.78 is 6.02. The standard InChI is InChI=1S/C25H29BrN2O4/c1-4-27(5-2)14-7-15-28-22(18-8-6-9-19(26)16-18)21(24(30)25(28)31)23(29)17-10-12-20(32-3)13-11-17/h6,8-13,16,22,29H,4-5,7,14-15H2,1-3H3/b23-21+/t22-/m0/s1. The molecule has 2 aromatic rings. The summed E-state index contributed by atoms with van der Waals surface area (Å²) in [7, 11) is 1.56. The molecular formula is C25H29BrN2O4. The van der Waals surface area contributed by atoms with Crippen molar-refractivity contribution in [2.24, 2.45) is 0 Å². The Morgan fingerprint density at radius 1 is 1.12 bits per heavy atom. The number of hydrogen-bond acceptors (Lipinski definition) is 5. The largest absolute Gasteiger partial charge is 0.507 e. The zero-order chi connectivity index (χ0) is 23.3. The molecule has 1 aliphatic rings. The number of Topliss-reactive ketones (excluding diaryl/α,β-unsaturated/α-hetero) is 1. The van der Waals surface area contributed by atoms with Gasteiger partial charge in [0, 0.05) is 16.6 Å². The minimum Gasteiger partial charge on any atom is -0.507 e. The molecule has 1 fully saturated rings. The van der Waals surface area contributed by atoms with E-state index in [-0.39, 0.29) is 11.3 Å². The van der Waals surface area contributed by atoms with Gasteiger partial charge in [0.2, 0.25) is 0 Å². The Balaban J connectivity index is 2.02. The number of nitrogens with zero attached hydrogens (tertiary/aromatic N) is 2. The Morgan fingerprint density at radius 2 is 1.81 bits per heavy atom. The molecule has 1 atom stereocenters. The fraction of sp³-hybridized carbons (Fsp3) is 0.360. The van der Waals surface area contributed by atoms with E-state index >= 15 is 0 Å². The Hall–Kier alpha value is -2.64. The number of hydrogen-bond donors (Lipinski definition) is 1. The third-order valence-electron chi connectivity index (χ3n) is 5.84. The summed E-state index contributed by atoms with van der Waals surface area (Å²) in [5, 5.41) is 11.1. The minimum atomic E-state index is -0.661. The van der Waals surface area contributed by atoms with Gasteiger partial charge in [-0.3, -0.25) is 9.59 Å². The molecule has 6 nitrogen and oxygen atoms in total. The maximum absolute atomic E-state index is 13.1. The monoisotopic (exact) mass is 500 g/mol. The summed E-state index contributed by atoms with van der Waals surface area (Å²) in [6, 6.07) is 13.6. The van der Waals surface area contributed by atoms with Gasteiger partial charge in [0.25, 0.3) is 11.7 Å². The number of rotatable bonds is 9. The SMILES string of the molecule is CCN(CC)CCCN1C(=O)C(=O)/C(=C(/O)c2ccc(OC)cc2)[C@@H]1c1cccc(Br)c1. The van der Waals surface area contributed by atoms with Crippen molar-refractivity contribution in [3.8, 4) is 5.75 Å². The zero-order valence-corrected chi connectivity index (χ0v) is 20.3. The average Bonchev–Trinajstić information content (AvgIpc) is 3.06. The number of ether oxygens (including phenoxy) is 1. The molecule has 7 heteroatoms. The highest BCUT2D eigenvalue weighted by Crippen LogP contribution is 2.40.